The van der Waals surface area contributed by atoms with Crippen LogP contribution in [0.1, 0.15) is 28.4 Å². The number of nitrogens with zero attached hydrogens (tertiary/aromatic N) is 1. The quantitative estimate of drug-likeness (QED) is 0.691. The van der Waals surface area contributed by atoms with E-state index >= 15 is 0 Å². The van der Waals surface area contributed by atoms with Crippen molar-refractivity contribution < 1.29 is 9.53 Å². The molecular formula is C15H17N3O3S2. The van der Waals surface area contributed by atoms with Gasteiger partial charge in [-0.3, -0.25) is 4.79 Å². The second-order valence-electron chi connectivity index (χ2n) is 4.71. The number of hydrogen-bond acceptors (Lipinski definition) is 7. The van der Waals surface area contributed by atoms with Crippen LogP contribution in [0, 0.1) is 13.8 Å². The smallest absolute Gasteiger partial charge is 0.341 e. The topological polar surface area (TPSA) is 98.1 Å². The highest BCUT2D eigenvalue weighted by Gasteiger charge is 2.15. The number of aromatic nitrogens is 2. The van der Waals surface area contributed by atoms with E-state index in [1.54, 1.807) is 6.92 Å². The molecule has 0 aromatic carbocycles. The Morgan fingerprint density at radius 1 is 1.30 bits per heavy atom. The van der Waals surface area contributed by atoms with Gasteiger partial charge in [-0.2, -0.15) is 0 Å². The molecule has 0 amide bonds. The van der Waals surface area contributed by atoms with Crippen LogP contribution in [0.2, 0.25) is 0 Å². The number of hydrogen-bond donors (Lipinski definition) is 2. The van der Waals surface area contributed by atoms with E-state index in [4.69, 9.17) is 10.5 Å². The molecule has 3 heterocycles. The number of ether oxygens (including phenoxy) is 1. The van der Waals surface area contributed by atoms with E-state index in [-0.39, 0.29) is 11.5 Å². The fourth-order valence-electron chi connectivity index (χ4n) is 1.95. The van der Waals surface area contributed by atoms with Crippen molar-refractivity contribution in [2.75, 3.05) is 12.3 Å². The average molecular weight is 351 g/mol. The van der Waals surface area contributed by atoms with Gasteiger partial charge in [-0.1, -0.05) is 0 Å². The Kier molecular flexibility index (Phi) is 5.51. The Labute approximate surface area is 140 Å². The molecule has 122 valence electrons. The van der Waals surface area contributed by atoms with Crippen molar-refractivity contribution in [1.29, 1.82) is 0 Å². The van der Waals surface area contributed by atoms with E-state index in [0.717, 1.165) is 21.3 Å². The molecule has 23 heavy (non-hydrogen) atoms. The summed E-state index contributed by atoms with van der Waals surface area (Å²) in [6, 6.07) is 0. The number of nitrogens with two attached hydrogens (primary N) is 1. The number of rotatable bonds is 2. The fraction of sp³-hybridized carbons (Fsp3) is 0.267. The molecule has 0 unspecified atom stereocenters. The van der Waals surface area contributed by atoms with E-state index in [1.807, 2.05) is 24.6 Å². The highest BCUT2D eigenvalue weighted by Crippen LogP contribution is 2.24. The minimum atomic E-state index is -0.325. The number of carbonyl (C=O) groups excluding carboxylic acids is 1. The first kappa shape index (κ1) is 17.2. The van der Waals surface area contributed by atoms with E-state index in [9.17, 15) is 9.59 Å². The molecule has 0 bridgehead atoms. The molecule has 0 saturated heterocycles. The number of nitrogen functional groups attached to an aromatic ring is 1. The first-order valence-corrected chi connectivity index (χ1v) is 8.63. The molecule has 0 aliphatic rings. The Bertz CT molecular complexity index is 860. The second-order valence-corrected chi connectivity index (χ2v) is 6.48. The number of carbonyl (C=O) groups is 1. The van der Waals surface area contributed by atoms with Crippen LogP contribution in [0.3, 0.4) is 0 Å². The van der Waals surface area contributed by atoms with Gasteiger partial charge in [0.15, 0.2) is 0 Å². The SMILES string of the molecule is CCOC(=O)c1c(C)csc1N.Cc1csc2nc[nH]c(=O)c12. The third kappa shape index (κ3) is 3.77. The first-order chi connectivity index (χ1) is 11.0. The summed E-state index contributed by atoms with van der Waals surface area (Å²) in [5.74, 6) is -0.325. The summed E-state index contributed by atoms with van der Waals surface area (Å²) in [6.45, 7) is 5.91. The van der Waals surface area contributed by atoms with Crippen molar-refractivity contribution in [3.63, 3.8) is 0 Å². The van der Waals surface area contributed by atoms with Gasteiger partial charge in [0.2, 0.25) is 0 Å². The van der Waals surface area contributed by atoms with Crippen LogP contribution in [0.25, 0.3) is 10.2 Å². The molecule has 0 spiro atoms. The van der Waals surface area contributed by atoms with Crippen molar-refractivity contribution in [3.05, 3.63) is 44.1 Å². The van der Waals surface area contributed by atoms with Gasteiger partial charge >= 0.3 is 5.97 Å². The second kappa shape index (κ2) is 7.38. The lowest BCUT2D eigenvalue weighted by Gasteiger charge is -2.01. The third-order valence-corrected chi connectivity index (χ3v) is 4.98. The summed E-state index contributed by atoms with van der Waals surface area (Å²) in [5, 5.41) is 5.04. The molecule has 0 atom stereocenters. The summed E-state index contributed by atoms with van der Waals surface area (Å²) in [6.07, 6.45) is 1.43. The van der Waals surface area contributed by atoms with Crippen molar-refractivity contribution in [1.82, 2.24) is 9.97 Å². The maximum atomic E-state index is 11.3. The van der Waals surface area contributed by atoms with Crippen molar-refractivity contribution in [3.8, 4) is 0 Å². The molecule has 3 rings (SSSR count). The molecule has 0 fully saturated rings. The molecule has 8 heteroatoms. The fourth-order valence-corrected chi connectivity index (χ4v) is 3.63. The number of aromatic amines is 1. The summed E-state index contributed by atoms with van der Waals surface area (Å²) in [5.41, 5.74) is 7.94. The van der Waals surface area contributed by atoms with Gasteiger partial charge in [-0.15, -0.1) is 22.7 Å². The number of H-pyrrole nitrogens is 1. The van der Waals surface area contributed by atoms with Crippen molar-refractivity contribution in [2.24, 2.45) is 0 Å². The van der Waals surface area contributed by atoms with Crippen molar-refractivity contribution in [2.45, 2.75) is 20.8 Å². The van der Waals surface area contributed by atoms with Gasteiger partial charge in [0.25, 0.3) is 5.56 Å². The number of anilines is 1. The molecule has 0 aliphatic carbocycles. The molecule has 6 nitrogen and oxygen atoms in total. The summed E-state index contributed by atoms with van der Waals surface area (Å²) >= 11 is 2.86. The number of thiophene rings is 2. The lowest BCUT2D eigenvalue weighted by Crippen LogP contribution is -2.06. The van der Waals surface area contributed by atoms with Crippen LogP contribution in [0.4, 0.5) is 5.00 Å². The van der Waals surface area contributed by atoms with E-state index in [2.05, 4.69) is 9.97 Å². The van der Waals surface area contributed by atoms with Crippen LogP contribution in [-0.2, 0) is 4.74 Å². The number of aryl methyl sites for hydroxylation is 2. The van der Waals surface area contributed by atoms with Crippen LogP contribution in [0.15, 0.2) is 21.9 Å². The number of esters is 1. The zero-order valence-electron chi connectivity index (χ0n) is 13.0. The molecule has 3 aromatic heterocycles. The van der Waals surface area contributed by atoms with Crippen LogP contribution in [-0.4, -0.2) is 22.5 Å². The maximum Gasteiger partial charge on any atom is 0.341 e. The lowest BCUT2D eigenvalue weighted by molar-refractivity contribution is 0.0527. The molecule has 3 N–H and O–H groups in total. The minimum Gasteiger partial charge on any atom is -0.462 e. The monoisotopic (exact) mass is 351 g/mol. The van der Waals surface area contributed by atoms with Gasteiger partial charge in [0.05, 0.1) is 23.9 Å². The molecule has 0 radical (unpaired) electrons. The zero-order valence-corrected chi connectivity index (χ0v) is 14.6. The van der Waals surface area contributed by atoms with E-state index < -0.39 is 0 Å². The Hall–Kier alpha value is -2.19. The van der Waals surface area contributed by atoms with Crippen LogP contribution < -0.4 is 11.3 Å². The molecular weight excluding hydrogens is 334 g/mol. The van der Waals surface area contributed by atoms with Gasteiger partial charge < -0.3 is 15.5 Å². The zero-order chi connectivity index (χ0) is 17.0. The summed E-state index contributed by atoms with van der Waals surface area (Å²) in [4.78, 5) is 29.8. The number of nitrogens with one attached hydrogen (secondary N) is 1. The van der Waals surface area contributed by atoms with Gasteiger partial charge in [-0.05, 0) is 42.7 Å². The lowest BCUT2D eigenvalue weighted by atomic mass is 10.2. The Morgan fingerprint density at radius 2 is 2.00 bits per heavy atom. The highest BCUT2D eigenvalue weighted by atomic mass is 32.1. The Morgan fingerprint density at radius 3 is 2.57 bits per heavy atom. The van der Waals surface area contributed by atoms with Crippen LogP contribution >= 0.6 is 22.7 Å². The normalized spacial score (nSPS) is 10.2. The molecule has 0 aliphatic heterocycles. The largest absolute Gasteiger partial charge is 0.462 e. The van der Waals surface area contributed by atoms with Crippen LogP contribution in [0.5, 0.6) is 0 Å². The first-order valence-electron chi connectivity index (χ1n) is 6.87. The van der Waals surface area contributed by atoms with Gasteiger partial charge in [0, 0.05) is 0 Å². The Balaban J connectivity index is 0.000000167. The average Bonchev–Trinajstić information content (AvgIpc) is 3.04. The summed E-state index contributed by atoms with van der Waals surface area (Å²) < 4.78 is 4.84. The highest BCUT2D eigenvalue weighted by molar-refractivity contribution is 7.16. The van der Waals surface area contributed by atoms with Gasteiger partial charge in [0.1, 0.15) is 9.83 Å². The van der Waals surface area contributed by atoms with Crippen molar-refractivity contribution >= 4 is 43.9 Å². The van der Waals surface area contributed by atoms with E-state index in [0.29, 0.717) is 17.2 Å². The predicted molar refractivity (Wildman–Crippen MR) is 94.4 cm³/mol. The minimum absolute atomic E-state index is 0.0475. The third-order valence-electron chi connectivity index (χ3n) is 3.04. The standard InChI is InChI=1S/C8H11NO2S.C7H6N2OS/c1-3-11-8(10)6-5(2)4-12-7(6)9;1-4-2-11-7-5(4)6(10)8-3-9-7/h4H,3,9H2,1-2H3;2-3H,1H3,(H,8,9,10). The summed E-state index contributed by atoms with van der Waals surface area (Å²) in [7, 11) is 0. The van der Waals surface area contributed by atoms with E-state index in [1.165, 1.54) is 29.0 Å². The van der Waals surface area contributed by atoms with Gasteiger partial charge in [-0.25, -0.2) is 9.78 Å². The maximum absolute atomic E-state index is 11.3. The molecule has 3 aromatic rings. The number of fused-ring (bicyclic) bond motifs is 1. The predicted octanol–water partition coefficient (Wildman–Crippen LogP) is 3.11. The molecule has 0 saturated carbocycles.